The van der Waals surface area contributed by atoms with Crippen molar-refractivity contribution in [2.75, 3.05) is 0 Å². The molecule has 269 valence electrons. The molecule has 0 aliphatic rings. The van der Waals surface area contributed by atoms with Crippen molar-refractivity contribution in [3.63, 3.8) is 0 Å². The number of furan rings is 1. The third-order valence-corrected chi connectivity index (χ3v) is 12.0. The second kappa shape index (κ2) is 15.1. The van der Waals surface area contributed by atoms with Crippen molar-refractivity contribution in [3.8, 4) is 39.5 Å². The Hall–Kier alpha value is -5.91. The molecule has 55 heavy (non-hydrogen) atoms. The summed E-state index contributed by atoms with van der Waals surface area (Å²) in [5.41, 5.74) is 9.98. The van der Waals surface area contributed by atoms with Crippen molar-refractivity contribution in [2.24, 2.45) is 0 Å². The minimum atomic E-state index is -1.23. The third kappa shape index (κ3) is 7.08. The van der Waals surface area contributed by atoms with Gasteiger partial charge in [0.25, 0.3) is 0 Å². The number of benzene rings is 7. The molecule has 3 heterocycles. The van der Waals surface area contributed by atoms with E-state index in [1.54, 1.807) is 0 Å². The van der Waals surface area contributed by atoms with Gasteiger partial charge in [0, 0.05) is 37.4 Å². The summed E-state index contributed by atoms with van der Waals surface area (Å²) in [4.78, 5) is 9.70. The Bertz CT molecular complexity index is 2890. The zero-order chi connectivity index (χ0) is 36.6. The molecule has 1 radical (unpaired) electrons. The maximum absolute atomic E-state index is 6.39. The average molecular weight is 904 g/mol. The van der Waals surface area contributed by atoms with Gasteiger partial charge in [-0.05, 0) is 63.1 Å². The summed E-state index contributed by atoms with van der Waals surface area (Å²) in [6.07, 6.45) is 2.02. The Morgan fingerprint density at radius 1 is 0.618 bits per heavy atom. The number of aromatic nitrogens is 3. The van der Waals surface area contributed by atoms with Gasteiger partial charge in [-0.2, -0.15) is 0 Å². The van der Waals surface area contributed by atoms with Gasteiger partial charge in [-0.25, -0.2) is 0 Å². The first-order valence-electron chi connectivity index (χ1n) is 18.2. The molecule has 0 spiro atoms. The topological polar surface area (TPSA) is 43.9 Å². The summed E-state index contributed by atoms with van der Waals surface area (Å²) < 4.78 is 8.63. The minimum absolute atomic E-state index is 0. The largest absolute Gasteiger partial charge is 0.501 e. The van der Waals surface area contributed by atoms with Crippen molar-refractivity contribution >= 4 is 57.0 Å². The first-order chi connectivity index (χ1) is 26.4. The van der Waals surface area contributed by atoms with Gasteiger partial charge >= 0.3 is 0 Å². The second-order valence-electron chi connectivity index (χ2n) is 14.5. The maximum Gasteiger partial charge on any atom is 0.120 e. The van der Waals surface area contributed by atoms with Crippen LogP contribution in [0.3, 0.4) is 0 Å². The van der Waals surface area contributed by atoms with E-state index in [-0.39, 0.29) is 20.1 Å². The number of pyridine rings is 1. The molecule has 0 amide bonds. The molecular weight excluding hydrogens is 867 g/mol. The molecule has 4 nitrogen and oxygen atoms in total. The van der Waals surface area contributed by atoms with Crippen LogP contribution in [0, 0.1) is 12.1 Å². The molecule has 3 aromatic heterocycles. The molecule has 0 aliphatic heterocycles. The van der Waals surface area contributed by atoms with Gasteiger partial charge in [-0.1, -0.05) is 128 Å². The summed E-state index contributed by atoms with van der Waals surface area (Å²) >= 11 is 0. The van der Waals surface area contributed by atoms with Crippen molar-refractivity contribution < 1.29 is 24.5 Å². The molecule has 7 aromatic carbocycles. The van der Waals surface area contributed by atoms with Gasteiger partial charge < -0.3 is 14.0 Å². The van der Waals surface area contributed by atoms with Gasteiger partial charge in [0.15, 0.2) is 0 Å². The molecule has 0 saturated carbocycles. The maximum atomic E-state index is 6.39. The number of imidazole rings is 1. The Morgan fingerprint density at radius 2 is 1.33 bits per heavy atom. The van der Waals surface area contributed by atoms with Crippen LogP contribution in [-0.2, 0) is 20.1 Å². The van der Waals surface area contributed by atoms with Crippen LogP contribution in [0.5, 0.6) is 0 Å². The molecule has 0 N–H and O–H groups in total. The monoisotopic (exact) mass is 904 g/mol. The summed E-state index contributed by atoms with van der Waals surface area (Å²) in [7, 11) is -1.23. The molecule has 0 fully saturated rings. The number of nitrogens with zero attached hydrogens (tertiary/aromatic N) is 3. The third-order valence-electron chi connectivity index (χ3n) is 9.93. The van der Waals surface area contributed by atoms with Crippen LogP contribution in [-0.4, -0.2) is 22.6 Å². The SMILES string of the molecule is C[Si](C)(C)c1ccc(-c2[c-]cccc2)nc1.[Ir].[c-]1ccc2c(oc3ccccc32)c1-c1nc2cc3ccccc3cc2n1-c1ccc(-c2ccccc2)cc1. The van der Waals surface area contributed by atoms with E-state index in [9.17, 15) is 0 Å². The molecule has 0 atom stereocenters. The summed E-state index contributed by atoms with van der Waals surface area (Å²) in [5.74, 6) is 0.812. The smallest absolute Gasteiger partial charge is 0.120 e. The zero-order valence-electron chi connectivity index (χ0n) is 30.7. The Kier molecular flexibility index (Phi) is 9.89. The van der Waals surface area contributed by atoms with Gasteiger partial charge in [0.1, 0.15) is 5.58 Å². The van der Waals surface area contributed by atoms with E-state index in [4.69, 9.17) is 9.40 Å². The van der Waals surface area contributed by atoms with Gasteiger partial charge in [-0.3, -0.25) is 4.98 Å². The predicted molar refractivity (Wildman–Crippen MR) is 227 cm³/mol. The molecule has 0 aliphatic carbocycles. The average Bonchev–Trinajstić information content (AvgIpc) is 3.79. The summed E-state index contributed by atoms with van der Waals surface area (Å²) in [6.45, 7) is 7.00. The van der Waals surface area contributed by atoms with Crippen LogP contribution in [0.25, 0.3) is 83.2 Å². The van der Waals surface area contributed by atoms with Crippen LogP contribution in [0.2, 0.25) is 19.6 Å². The van der Waals surface area contributed by atoms with E-state index >= 15 is 0 Å². The molecular formula is C49H37IrN3OSi-2. The molecule has 6 heteroatoms. The van der Waals surface area contributed by atoms with E-state index < -0.39 is 8.07 Å². The number of fused-ring (bicyclic) bond motifs is 5. The van der Waals surface area contributed by atoms with E-state index in [1.165, 1.54) is 27.1 Å². The fourth-order valence-corrected chi connectivity index (χ4v) is 8.07. The molecule has 0 bridgehead atoms. The van der Waals surface area contributed by atoms with Crippen LogP contribution >= 0.6 is 0 Å². The number of rotatable bonds is 5. The minimum Gasteiger partial charge on any atom is -0.501 e. The standard InChI is InChI=1S/C35H21N2O.C14H16NSi.Ir/c1-2-9-23(10-3-1)24-17-19-27(20-18-24)37-32-22-26-12-5-4-11-25(26)21-31(32)36-35(37)30-15-8-14-29-28-13-6-7-16-33(28)38-34(29)30;1-16(2,3)13-9-10-14(15-11-13)12-7-5-4-6-8-12;/h1-14,16-22H;4-7,9-11H,1-3H3;/q2*-1;. The number of hydrogen-bond acceptors (Lipinski definition) is 3. The Labute approximate surface area is 335 Å². The van der Waals surface area contributed by atoms with Crippen molar-refractivity contribution in [1.29, 1.82) is 0 Å². The van der Waals surface area contributed by atoms with Crippen LogP contribution in [0.15, 0.2) is 174 Å². The van der Waals surface area contributed by atoms with Gasteiger partial charge in [0.2, 0.25) is 0 Å². The quantitative estimate of drug-likeness (QED) is 0.128. The van der Waals surface area contributed by atoms with Crippen LogP contribution in [0.1, 0.15) is 0 Å². The van der Waals surface area contributed by atoms with Crippen LogP contribution < -0.4 is 5.19 Å². The fourth-order valence-electron chi connectivity index (χ4n) is 7.03. The van der Waals surface area contributed by atoms with Gasteiger partial charge in [-0.15, -0.1) is 54.1 Å². The summed E-state index contributed by atoms with van der Waals surface area (Å²) in [5, 5.41) is 5.91. The van der Waals surface area contributed by atoms with Gasteiger partial charge in [0.05, 0.1) is 30.5 Å². The number of para-hydroxylation sites is 1. The van der Waals surface area contributed by atoms with E-state index in [0.717, 1.165) is 61.3 Å². The van der Waals surface area contributed by atoms with Crippen molar-refractivity contribution in [1.82, 2.24) is 14.5 Å². The zero-order valence-corrected chi connectivity index (χ0v) is 34.1. The summed E-state index contributed by atoms with van der Waals surface area (Å²) in [6, 6.07) is 63.1. The Morgan fingerprint density at radius 3 is 2.05 bits per heavy atom. The van der Waals surface area contributed by atoms with Crippen LogP contribution in [0.4, 0.5) is 0 Å². The predicted octanol–water partition coefficient (Wildman–Crippen LogP) is 12.3. The van der Waals surface area contributed by atoms with Crippen molar-refractivity contribution in [2.45, 2.75) is 19.6 Å². The van der Waals surface area contributed by atoms with E-state index in [2.05, 4.69) is 151 Å². The van der Waals surface area contributed by atoms with Crippen molar-refractivity contribution in [3.05, 3.63) is 182 Å². The molecule has 0 saturated heterocycles. The molecule has 10 rings (SSSR count). The fraction of sp³-hybridized carbons (Fsp3) is 0.0612. The Balaban J connectivity index is 0.000000212. The van der Waals surface area contributed by atoms with E-state index in [1.807, 2.05) is 60.8 Å². The second-order valence-corrected chi connectivity index (χ2v) is 19.6. The number of hydrogen-bond donors (Lipinski definition) is 0. The normalized spacial score (nSPS) is 11.4. The first kappa shape index (κ1) is 36.1. The first-order valence-corrected chi connectivity index (χ1v) is 21.7. The molecule has 0 unspecified atom stereocenters. The molecule has 10 aromatic rings. The van der Waals surface area contributed by atoms with E-state index in [0.29, 0.717) is 0 Å².